The molecular weight excluding hydrogens is 297 g/mol. The van der Waals surface area contributed by atoms with Crippen LogP contribution >= 0.6 is 11.6 Å². The molecule has 20 heavy (non-hydrogen) atoms. The number of halogens is 4. The lowest BCUT2D eigenvalue weighted by Crippen LogP contribution is -2.04. The maximum Gasteiger partial charge on any atom is 0.416 e. The number of hydrogen-bond donors (Lipinski definition) is 2. The van der Waals surface area contributed by atoms with Gasteiger partial charge in [-0.3, -0.25) is 0 Å². The zero-order chi connectivity index (χ0) is 14.9. The van der Waals surface area contributed by atoms with Crippen molar-refractivity contribution < 1.29 is 28.1 Å². The average Bonchev–Trinajstić information content (AvgIpc) is 2.35. The molecule has 2 aromatic rings. The first-order valence-corrected chi connectivity index (χ1v) is 5.72. The Bertz CT molecular complexity index is 641. The molecule has 0 aliphatic heterocycles. The number of ether oxygens (including phenoxy) is 1. The predicted octanol–water partition coefficient (Wildman–Crippen LogP) is 4.56. The molecule has 0 bridgehead atoms. The van der Waals surface area contributed by atoms with Gasteiger partial charge < -0.3 is 14.9 Å². The third-order valence-electron chi connectivity index (χ3n) is 2.43. The third kappa shape index (κ3) is 3.08. The van der Waals surface area contributed by atoms with E-state index in [4.69, 9.17) is 21.4 Å². The molecule has 2 N–H and O–H groups in total. The highest BCUT2D eigenvalue weighted by Crippen LogP contribution is 2.37. The van der Waals surface area contributed by atoms with Crippen LogP contribution in [-0.4, -0.2) is 10.2 Å². The highest BCUT2D eigenvalue weighted by molar-refractivity contribution is 6.32. The van der Waals surface area contributed by atoms with Gasteiger partial charge in [-0.25, -0.2) is 0 Å². The van der Waals surface area contributed by atoms with Crippen molar-refractivity contribution in [1.29, 1.82) is 0 Å². The smallest absolute Gasteiger partial charge is 0.416 e. The monoisotopic (exact) mass is 304 g/mol. The first kappa shape index (κ1) is 14.3. The molecule has 0 amide bonds. The van der Waals surface area contributed by atoms with Crippen LogP contribution in [0.2, 0.25) is 5.02 Å². The molecule has 106 valence electrons. The average molecular weight is 305 g/mol. The Kier molecular flexibility index (Phi) is 3.67. The van der Waals surface area contributed by atoms with E-state index < -0.39 is 17.5 Å². The summed E-state index contributed by atoms with van der Waals surface area (Å²) in [5.41, 5.74) is -0.886. The fraction of sp³-hybridized carbons (Fsp3) is 0.0769. The van der Waals surface area contributed by atoms with Gasteiger partial charge in [-0.2, -0.15) is 13.2 Å². The van der Waals surface area contributed by atoms with Crippen molar-refractivity contribution in [2.45, 2.75) is 6.18 Å². The lowest BCUT2D eigenvalue weighted by atomic mass is 10.2. The Labute approximate surface area is 116 Å². The summed E-state index contributed by atoms with van der Waals surface area (Å²) >= 11 is 5.72. The number of alkyl halides is 3. The van der Waals surface area contributed by atoms with Crippen molar-refractivity contribution in [2.75, 3.05) is 0 Å². The summed E-state index contributed by atoms with van der Waals surface area (Å²) < 4.78 is 42.6. The van der Waals surface area contributed by atoms with Crippen LogP contribution < -0.4 is 4.74 Å². The quantitative estimate of drug-likeness (QED) is 0.799. The Morgan fingerprint density at radius 2 is 1.65 bits per heavy atom. The summed E-state index contributed by atoms with van der Waals surface area (Å²) in [5, 5.41) is 18.2. The van der Waals surface area contributed by atoms with Crippen LogP contribution in [0.4, 0.5) is 13.2 Å². The second-order valence-electron chi connectivity index (χ2n) is 3.90. The van der Waals surface area contributed by atoms with Crippen molar-refractivity contribution in [3.05, 3.63) is 47.0 Å². The third-order valence-corrected chi connectivity index (χ3v) is 2.73. The highest BCUT2D eigenvalue weighted by Gasteiger charge is 2.31. The van der Waals surface area contributed by atoms with Crippen LogP contribution in [0.25, 0.3) is 0 Å². The van der Waals surface area contributed by atoms with Crippen molar-refractivity contribution in [3.8, 4) is 23.0 Å². The van der Waals surface area contributed by atoms with Gasteiger partial charge in [-0.15, -0.1) is 0 Å². The molecule has 0 fully saturated rings. The van der Waals surface area contributed by atoms with E-state index in [1.54, 1.807) is 0 Å². The highest BCUT2D eigenvalue weighted by atomic mass is 35.5. The Balaban J connectivity index is 2.28. The van der Waals surface area contributed by atoms with Crippen LogP contribution in [-0.2, 0) is 6.18 Å². The molecule has 0 aliphatic rings. The fourth-order valence-corrected chi connectivity index (χ4v) is 1.67. The van der Waals surface area contributed by atoms with Crippen molar-refractivity contribution in [1.82, 2.24) is 0 Å². The van der Waals surface area contributed by atoms with E-state index in [1.165, 1.54) is 12.1 Å². The van der Waals surface area contributed by atoms with Crippen LogP contribution in [0.15, 0.2) is 36.4 Å². The summed E-state index contributed by atoms with van der Waals surface area (Å²) in [6.07, 6.45) is -4.49. The van der Waals surface area contributed by atoms with Gasteiger partial charge in [0.05, 0.1) is 10.6 Å². The van der Waals surface area contributed by atoms with E-state index >= 15 is 0 Å². The summed E-state index contributed by atoms with van der Waals surface area (Å²) in [6, 6.07) is 6.29. The summed E-state index contributed by atoms with van der Waals surface area (Å²) in [6.45, 7) is 0. The minimum atomic E-state index is -4.49. The number of rotatable bonds is 2. The minimum Gasteiger partial charge on any atom is -0.504 e. The van der Waals surface area contributed by atoms with Gasteiger partial charge in [0.15, 0.2) is 11.5 Å². The SMILES string of the molecule is Oc1ccc(Oc2ccc(C(F)(F)F)cc2Cl)cc1O. The fourth-order valence-electron chi connectivity index (χ4n) is 1.45. The molecular formula is C13H8ClF3O3. The van der Waals surface area contributed by atoms with Crippen LogP contribution in [0, 0.1) is 0 Å². The maximum atomic E-state index is 12.5. The van der Waals surface area contributed by atoms with Gasteiger partial charge in [-0.1, -0.05) is 11.6 Å². The second-order valence-corrected chi connectivity index (χ2v) is 4.30. The van der Waals surface area contributed by atoms with Gasteiger partial charge >= 0.3 is 6.18 Å². The van der Waals surface area contributed by atoms with E-state index in [0.29, 0.717) is 0 Å². The van der Waals surface area contributed by atoms with E-state index in [-0.39, 0.29) is 22.3 Å². The lowest BCUT2D eigenvalue weighted by molar-refractivity contribution is -0.137. The molecule has 0 heterocycles. The molecule has 0 saturated carbocycles. The molecule has 0 unspecified atom stereocenters. The number of phenols is 2. The van der Waals surface area contributed by atoms with Gasteiger partial charge in [0.25, 0.3) is 0 Å². The molecule has 0 spiro atoms. The van der Waals surface area contributed by atoms with Gasteiger partial charge in [0.1, 0.15) is 11.5 Å². The Hall–Kier alpha value is -2.08. The topological polar surface area (TPSA) is 49.7 Å². The number of phenolic OH excluding ortho intramolecular Hbond substituents is 2. The van der Waals surface area contributed by atoms with Gasteiger partial charge in [-0.05, 0) is 30.3 Å². The second kappa shape index (κ2) is 5.13. The minimum absolute atomic E-state index is 0.00440. The van der Waals surface area contributed by atoms with Crippen molar-refractivity contribution in [2.24, 2.45) is 0 Å². The van der Waals surface area contributed by atoms with Gasteiger partial charge in [0, 0.05) is 6.07 Å². The van der Waals surface area contributed by atoms with Crippen molar-refractivity contribution in [3.63, 3.8) is 0 Å². The summed E-state index contributed by atoms with van der Waals surface area (Å²) in [7, 11) is 0. The normalized spacial score (nSPS) is 11.4. The molecule has 0 aromatic heterocycles. The summed E-state index contributed by atoms with van der Waals surface area (Å²) in [5.74, 6) is -0.617. The van der Waals surface area contributed by atoms with E-state index in [9.17, 15) is 18.3 Å². The Morgan fingerprint density at radius 1 is 0.950 bits per heavy atom. The van der Waals surface area contributed by atoms with Crippen LogP contribution in [0.5, 0.6) is 23.0 Å². The first-order chi connectivity index (χ1) is 9.27. The first-order valence-electron chi connectivity index (χ1n) is 5.34. The van der Waals surface area contributed by atoms with Gasteiger partial charge in [0.2, 0.25) is 0 Å². The lowest BCUT2D eigenvalue weighted by Gasteiger charge is -2.11. The van der Waals surface area contributed by atoms with E-state index in [2.05, 4.69) is 0 Å². The van der Waals surface area contributed by atoms with Crippen LogP contribution in [0.1, 0.15) is 5.56 Å². The number of benzene rings is 2. The zero-order valence-electron chi connectivity index (χ0n) is 9.78. The molecule has 2 rings (SSSR count). The molecule has 3 nitrogen and oxygen atoms in total. The number of hydrogen-bond acceptors (Lipinski definition) is 3. The van der Waals surface area contributed by atoms with E-state index in [0.717, 1.165) is 24.3 Å². The molecule has 2 aromatic carbocycles. The molecule has 0 aliphatic carbocycles. The number of aromatic hydroxyl groups is 2. The largest absolute Gasteiger partial charge is 0.504 e. The van der Waals surface area contributed by atoms with Crippen LogP contribution in [0.3, 0.4) is 0 Å². The van der Waals surface area contributed by atoms with Crippen molar-refractivity contribution >= 4 is 11.6 Å². The molecule has 0 atom stereocenters. The maximum absolute atomic E-state index is 12.5. The Morgan fingerprint density at radius 3 is 2.20 bits per heavy atom. The molecule has 0 saturated heterocycles. The zero-order valence-corrected chi connectivity index (χ0v) is 10.5. The molecule has 0 radical (unpaired) electrons. The van der Waals surface area contributed by atoms with E-state index in [1.807, 2.05) is 0 Å². The molecule has 7 heteroatoms. The standard InChI is InChI=1S/C13H8ClF3O3/c14-9-5-7(13(15,16)17)1-4-12(9)20-8-2-3-10(18)11(19)6-8/h1-6,18-19H. The summed E-state index contributed by atoms with van der Waals surface area (Å²) in [4.78, 5) is 0. The predicted molar refractivity (Wildman–Crippen MR) is 66.3 cm³/mol.